The maximum absolute atomic E-state index is 12.4. The van der Waals surface area contributed by atoms with Crippen molar-refractivity contribution in [3.63, 3.8) is 0 Å². The number of carbonyl (C=O) groups is 2. The van der Waals surface area contributed by atoms with Gasteiger partial charge in [-0.15, -0.1) is 11.8 Å². The molecule has 2 aromatic carbocycles. The fourth-order valence-electron chi connectivity index (χ4n) is 3.16. The Morgan fingerprint density at radius 1 is 1.13 bits per heavy atom. The van der Waals surface area contributed by atoms with Crippen molar-refractivity contribution in [3.8, 4) is 0 Å². The van der Waals surface area contributed by atoms with E-state index in [1.807, 2.05) is 53.4 Å². The Bertz CT molecular complexity index is 1040. The van der Waals surface area contributed by atoms with Gasteiger partial charge in [-0.25, -0.2) is 5.43 Å². The molecular formula is C23H20N4O2S. The van der Waals surface area contributed by atoms with Gasteiger partial charge in [0.25, 0.3) is 5.91 Å². The minimum atomic E-state index is -0.294. The summed E-state index contributed by atoms with van der Waals surface area (Å²) in [5.74, 6) is 0.293. The fourth-order valence-corrected chi connectivity index (χ4v) is 4.35. The molecule has 150 valence electrons. The van der Waals surface area contributed by atoms with Crippen LogP contribution >= 0.6 is 11.8 Å². The van der Waals surface area contributed by atoms with Gasteiger partial charge < -0.3 is 4.90 Å². The maximum Gasteiger partial charge on any atom is 0.271 e. The molecule has 2 amide bonds. The van der Waals surface area contributed by atoms with Crippen molar-refractivity contribution in [1.82, 2.24) is 15.3 Å². The van der Waals surface area contributed by atoms with Gasteiger partial charge in [0.05, 0.1) is 12.0 Å². The SMILES string of the molecule is O=C(N/N=C\c1cccnc1)c1ccc([C@H]2SCC(=O)N2Cc2ccccc2)cc1. The van der Waals surface area contributed by atoms with Crippen molar-refractivity contribution in [3.05, 3.63) is 101 Å². The van der Waals surface area contributed by atoms with Gasteiger partial charge in [-0.3, -0.25) is 14.6 Å². The van der Waals surface area contributed by atoms with Crippen LogP contribution in [0, 0.1) is 0 Å². The van der Waals surface area contributed by atoms with Crippen LogP contribution in [0.15, 0.2) is 84.2 Å². The number of carbonyl (C=O) groups excluding carboxylic acids is 2. The summed E-state index contributed by atoms with van der Waals surface area (Å²) in [4.78, 5) is 30.6. The Kier molecular flexibility index (Phi) is 6.20. The number of hydrogen-bond donors (Lipinski definition) is 1. The molecule has 1 N–H and O–H groups in total. The van der Waals surface area contributed by atoms with Gasteiger partial charge in [0.15, 0.2) is 0 Å². The molecule has 4 rings (SSSR count). The van der Waals surface area contributed by atoms with Crippen LogP contribution in [0.25, 0.3) is 0 Å². The summed E-state index contributed by atoms with van der Waals surface area (Å²) in [5, 5.41) is 3.91. The van der Waals surface area contributed by atoms with Crippen LogP contribution in [-0.2, 0) is 11.3 Å². The zero-order valence-electron chi connectivity index (χ0n) is 16.1. The lowest BCUT2D eigenvalue weighted by Gasteiger charge is -2.24. The van der Waals surface area contributed by atoms with Crippen LogP contribution in [0.5, 0.6) is 0 Å². The molecule has 30 heavy (non-hydrogen) atoms. The van der Waals surface area contributed by atoms with Crippen molar-refractivity contribution in [2.75, 3.05) is 5.75 Å². The first-order chi connectivity index (χ1) is 14.7. The fraction of sp³-hybridized carbons (Fsp3) is 0.130. The summed E-state index contributed by atoms with van der Waals surface area (Å²) in [5.41, 5.74) is 5.92. The second kappa shape index (κ2) is 9.37. The van der Waals surface area contributed by atoms with E-state index >= 15 is 0 Å². The summed E-state index contributed by atoms with van der Waals surface area (Å²) >= 11 is 1.60. The Balaban J connectivity index is 1.41. The first kappa shape index (κ1) is 19.8. The Morgan fingerprint density at radius 2 is 1.93 bits per heavy atom. The normalized spacial score (nSPS) is 16.2. The van der Waals surface area contributed by atoms with Crippen molar-refractivity contribution in [2.24, 2.45) is 5.10 Å². The molecule has 1 saturated heterocycles. The van der Waals surface area contributed by atoms with Crippen molar-refractivity contribution in [1.29, 1.82) is 0 Å². The van der Waals surface area contributed by atoms with Crippen LogP contribution in [0.4, 0.5) is 0 Å². The lowest BCUT2D eigenvalue weighted by atomic mass is 10.1. The van der Waals surface area contributed by atoms with E-state index in [2.05, 4.69) is 15.5 Å². The number of thioether (sulfide) groups is 1. The summed E-state index contributed by atoms with van der Waals surface area (Å²) in [6.45, 7) is 0.572. The van der Waals surface area contributed by atoms with E-state index in [1.54, 1.807) is 48.6 Å². The molecule has 0 saturated carbocycles. The number of benzene rings is 2. The summed E-state index contributed by atoms with van der Waals surface area (Å²) < 4.78 is 0. The van der Waals surface area contributed by atoms with E-state index in [1.165, 1.54) is 0 Å². The van der Waals surface area contributed by atoms with Crippen molar-refractivity contribution < 1.29 is 9.59 Å². The number of hydrazone groups is 1. The van der Waals surface area contributed by atoms with E-state index < -0.39 is 0 Å². The molecule has 1 atom stereocenters. The molecule has 1 aliphatic heterocycles. The zero-order valence-corrected chi connectivity index (χ0v) is 17.0. The highest BCUT2D eigenvalue weighted by molar-refractivity contribution is 8.00. The van der Waals surface area contributed by atoms with E-state index in [0.29, 0.717) is 17.9 Å². The maximum atomic E-state index is 12.4. The van der Waals surface area contributed by atoms with Gasteiger partial charge >= 0.3 is 0 Å². The van der Waals surface area contributed by atoms with Crippen LogP contribution in [0.2, 0.25) is 0 Å². The topological polar surface area (TPSA) is 74.7 Å². The van der Waals surface area contributed by atoms with Gasteiger partial charge in [0, 0.05) is 30.1 Å². The molecule has 0 radical (unpaired) electrons. The molecule has 6 nitrogen and oxygen atoms in total. The Morgan fingerprint density at radius 3 is 2.67 bits per heavy atom. The molecule has 0 unspecified atom stereocenters. The molecule has 2 heterocycles. The monoisotopic (exact) mass is 416 g/mol. The van der Waals surface area contributed by atoms with Crippen LogP contribution < -0.4 is 5.43 Å². The lowest BCUT2D eigenvalue weighted by molar-refractivity contribution is -0.128. The van der Waals surface area contributed by atoms with Gasteiger partial charge in [-0.2, -0.15) is 5.10 Å². The van der Waals surface area contributed by atoms with Gasteiger partial charge in [-0.1, -0.05) is 48.5 Å². The number of amides is 2. The first-order valence-electron chi connectivity index (χ1n) is 9.49. The highest BCUT2D eigenvalue weighted by Crippen LogP contribution is 2.39. The number of rotatable bonds is 6. The predicted molar refractivity (Wildman–Crippen MR) is 118 cm³/mol. The number of pyridine rings is 1. The first-order valence-corrected chi connectivity index (χ1v) is 10.5. The van der Waals surface area contributed by atoms with Crippen molar-refractivity contribution >= 4 is 29.8 Å². The van der Waals surface area contributed by atoms with Crippen LogP contribution in [-0.4, -0.2) is 33.7 Å². The molecule has 7 heteroatoms. The minimum Gasteiger partial charge on any atom is -0.322 e. The van der Waals surface area contributed by atoms with Gasteiger partial charge in [-0.05, 0) is 29.3 Å². The second-order valence-electron chi connectivity index (χ2n) is 6.78. The average Bonchev–Trinajstić information content (AvgIpc) is 3.15. The number of hydrogen-bond acceptors (Lipinski definition) is 5. The summed E-state index contributed by atoms with van der Waals surface area (Å²) in [6, 6.07) is 20.9. The number of nitrogens with zero attached hydrogens (tertiary/aromatic N) is 3. The molecule has 3 aromatic rings. The van der Waals surface area contributed by atoms with E-state index in [-0.39, 0.29) is 17.2 Å². The highest BCUT2D eigenvalue weighted by atomic mass is 32.2. The Labute approximate surface area is 179 Å². The lowest BCUT2D eigenvalue weighted by Crippen LogP contribution is -2.27. The summed E-state index contributed by atoms with van der Waals surface area (Å²) in [6.07, 6.45) is 4.88. The van der Waals surface area contributed by atoms with E-state index in [9.17, 15) is 9.59 Å². The highest BCUT2D eigenvalue weighted by Gasteiger charge is 2.32. The third kappa shape index (κ3) is 4.75. The van der Waals surface area contributed by atoms with Gasteiger partial charge in [0.2, 0.25) is 5.91 Å². The van der Waals surface area contributed by atoms with E-state index in [4.69, 9.17) is 0 Å². The Hall–Kier alpha value is -3.45. The minimum absolute atomic E-state index is 0.0570. The third-order valence-corrected chi connectivity index (χ3v) is 5.94. The smallest absolute Gasteiger partial charge is 0.271 e. The standard InChI is InChI=1S/C23H20N4O2S/c28-21-16-30-23(27(21)15-17-5-2-1-3-6-17)20-10-8-19(9-11-20)22(29)26-25-14-18-7-4-12-24-13-18/h1-14,23H,15-16H2,(H,26,29)/b25-14-/t23-/m1/s1. The largest absolute Gasteiger partial charge is 0.322 e. The molecular weight excluding hydrogens is 396 g/mol. The quantitative estimate of drug-likeness (QED) is 0.492. The molecule has 1 aromatic heterocycles. The second-order valence-corrected chi connectivity index (χ2v) is 7.85. The average molecular weight is 417 g/mol. The molecule has 0 bridgehead atoms. The molecule has 1 fully saturated rings. The zero-order chi connectivity index (χ0) is 20.8. The third-order valence-electron chi connectivity index (χ3n) is 4.69. The van der Waals surface area contributed by atoms with Crippen molar-refractivity contribution in [2.45, 2.75) is 11.9 Å². The van der Waals surface area contributed by atoms with Crippen LogP contribution in [0.3, 0.4) is 0 Å². The van der Waals surface area contributed by atoms with Gasteiger partial charge in [0.1, 0.15) is 5.37 Å². The molecule has 1 aliphatic rings. The number of nitrogens with one attached hydrogen (secondary N) is 1. The van der Waals surface area contributed by atoms with Crippen LogP contribution in [0.1, 0.15) is 32.4 Å². The number of aromatic nitrogens is 1. The summed E-state index contributed by atoms with van der Waals surface area (Å²) in [7, 11) is 0. The van der Waals surface area contributed by atoms with E-state index in [0.717, 1.165) is 16.7 Å². The predicted octanol–water partition coefficient (Wildman–Crippen LogP) is 3.62. The molecule has 0 spiro atoms. The molecule has 0 aliphatic carbocycles.